The Morgan fingerprint density at radius 1 is 1.35 bits per heavy atom. The number of carbonyl (C=O) groups excluding carboxylic acids is 1. The lowest BCUT2D eigenvalue weighted by atomic mass is 10.0. The van der Waals surface area contributed by atoms with Gasteiger partial charge in [-0.1, -0.05) is 41.6 Å². The first-order chi connectivity index (χ1) is 12.3. The smallest absolute Gasteiger partial charge is 0.348 e. The van der Waals surface area contributed by atoms with E-state index in [9.17, 15) is 18.0 Å². The van der Waals surface area contributed by atoms with E-state index in [-0.39, 0.29) is 22.9 Å². The second-order valence-electron chi connectivity index (χ2n) is 6.26. The van der Waals surface area contributed by atoms with Gasteiger partial charge in [-0.15, -0.1) is 10.2 Å². The first kappa shape index (κ1) is 18.6. The highest BCUT2D eigenvalue weighted by molar-refractivity contribution is 7.99. The highest BCUT2D eigenvalue weighted by atomic mass is 32.2. The van der Waals surface area contributed by atoms with E-state index >= 15 is 0 Å². The van der Waals surface area contributed by atoms with E-state index in [0.29, 0.717) is 10.6 Å². The number of nitrogens with zero attached hydrogens (tertiary/aromatic N) is 3. The fourth-order valence-electron chi connectivity index (χ4n) is 2.59. The van der Waals surface area contributed by atoms with Gasteiger partial charge in [0.25, 0.3) is 5.82 Å². The van der Waals surface area contributed by atoms with Gasteiger partial charge < -0.3 is 11.2 Å². The van der Waals surface area contributed by atoms with Gasteiger partial charge in [0, 0.05) is 0 Å². The Labute approximate surface area is 152 Å². The van der Waals surface area contributed by atoms with Gasteiger partial charge in [0.05, 0.1) is 11.8 Å². The minimum absolute atomic E-state index is 0.0924. The lowest BCUT2D eigenvalue weighted by Gasteiger charge is -2.19. The van der Waals surface area contributed by atoms with Crippen molar-refractivity contribution in [2.45, 2.75) is 37.1 Å². The van der Waals surface area contributed by atoms with E-state index in [1.54, 1.807) is 0 Å². The number of rotatable bonds is 6. The average molecular weight is 385 g/mol. The maximum absolute atomic E-state index is 12.7. The number of benzene rings is 1. The molecule has 0 saturated heterocycles. The van der Waals surface area contributed by atoms with Crippen molar-refractivity contribution in [3.8, 4) is 0 Å². The van der Waals surface area contributed by atoms with E-state index in [4.69, 9.17) is 5.84 Å². The molecule has 0 aliphatic heterocycles. The van der Waals surface area contributed by atoms with Crippen LogP contribution in [-0.2, 0) is 11.0 Å². The number of hydrogen-bond donors (Lipinski definition) is 2. The molecule has 1 unspecified atom stereocenters. The zero-order valence-corrected chi connectivity index (χ0v) is 14.8. The summed E-state index contributed by atoms with van der Waals surface area (Å²) in [6, 6.07) is 7.85. The number of aryl methyl sites for hydroxylation is 1. The molecular weight excluding hydrogens is 367 g/mol. The van der Waals surface area contributed by atoms with E-state index in [0.717, 1.165) is 35.7 Å². The largest absolute Gasteiger partial charge is 0.453 e. The Kier molecular flexibility index (Phi) is 5.12. The van der Waals surface area contributed by atoms with Crippen LogP contribution in [0.3, 0.4) is 0 Å². The summed E-state index contributed by atoms with van der Waals surface area (Å²) in [5.41, 5.74) is 2.16. The van der Waals surface area contributed by atoms with E-state index < -0.39 is 12.0 Å². The van der Waals surface area contributed by atoms with Crippen molar-refractivity contribution in [2.24, 2.45) is 5.92 Å². The standard InChI is InChI=1S/C16H18F3N5OS/c1-9-2-4-10(5-3-9)13(11-6-7-11)21-12(25)8-26-15-23-22-14(24(15)20)16(17,18)19/h2-5,11,13H,6-8,20H2,1H3,(H,21,25). The van der Waals surface area contributed by atoms with Crippen molar-refractivity contribution >= 4 is 17.7 Å². The third kappa shape index (κ3) is 4.29. The minimum Gasteiger partial charge on any atom is -0.348 e. The molecule has 6 nitrogen and oxygen atoms in total. The number of nitrogens with two attached hydrogens (primary N) is 1. The first-order valence-electron chi connectivity index (χ1n) is 8.02. The van der Waals surface area contributed by atoms with Gasteiger partial charge >= 0.3 is 6.18 Å². The molecule has 1 atom stereocenters. The van der Waals surface area contributed by atoms with Crippen LogP contribution >= 0.6 is 11.8 Å². The summed E-state index contributed by atoms with van der Waals surface area (Å²) in [6.45, 7) is 1.99. The van der Waals surface area contributed by atoms with Gasteiger partial charge in [-0.25, -0.2) is 4.68 Å². The summed E-state index contributed by atoms with van der Waals surface area (Å²) in [6.07, 6.45) is -2.61. The number of aromatic nitrogens is 3. The van der Waals surface area contributed by atoms with Gasteiger partial charge in [0.2, 0.25) is 11.1 Å². The third-order valence-corrected chi connectivity index (χ3v) is 5.04. The van der Waals surface area contributed by atoms with E-state index in [2.05, 4.69) is 15.5 Å². The molecule has 10 heteroatoms. The number of nitrogens with one attached hydrogen (secondary N) is 1. The summed E-state index contributed by atoms with van der Waals surface area (Å²) in [7, 11) is 0. The average Bonchev–Trinajstić information content (AvgIpc) is 3.33. The fraction of sp³-hybridized carbons (Fsp3) is 0.438. The maximum atomic E-state index is 12.7. The second kappa shape index (κ2) is 7.18. The Morgan fingerprint density at radius 2 is 2.00 bits per heavy atom. The lowest BCUT2D eigenvalue weighted by molar-refractivity contribution is -0.146. The van der Waals surface area contributed by atoms with Crippen LogP contribution in [0.1, 0.15) is 35.8 Å². The first-order valence-corrected chi connectivity index (χ1v) is 9.00. The van der Waals surface area contributed by atoms with Crippen LogP contribution in [0.15, 0.2) is 29.4 Å². The summed E-state index contributed by atoms with van der Waals surface area (Å²) in [5.74, 6) is 4.07. The summed E-state index contributed by atoms with van der Waals surface area (Å²) in [4.78, 5) is 12.3. The predicted octanol–water partition coefficient (Wildman–Crippen LogP) is 2.68. The third-order valence-electron chi connectivity index (χ3n) is 4.10. The molecule has 26 heavy (non-hydrogen) atoms. The molecule has 3 N–H and O–H groups in total. The van der Waals surface area contributed by atoms with Crippen molar-refractivity contribution in [1.29, 1.82) is 0 Å². The maximum Gasteiger partial charge on any atom is 0.453 e. The number of alkyl halides is 3. The number of hydrogen-bond acceptors (Lipinski definition) is 5. The van der Waals surface area contributed by atoms with Crippen molar-refractivity contribution < 1.29 is 18.0 Å². The van der Waals surface area contributed by atoms with Gasteiger partial charge in [-0.05, 0) is 31.2 Å². The number of halogens is 3. The van der Waals surface area contributed by atoms with Gasteiger partial charge in [0.1, 0.15) is 0 Å². The predicted molar refractivity (Wildman–Crippen MR) is 90.7 cm³/mol. The molecule has 1 amide bonds. The van der Waals surface area contributed by atoms with Crippen molar-refractivity contribution in [2.75, 3.05) is 11.6 Å². The molecule has 1 aromatic heterocycles. The van der Waals surface area contributed by atoms with Crippen LogP contribution in [0, 0.1) is 12.8 Å². The SMILES string of the molecule is Cc1ccc(C(NC(=O)CSc2nnc(C(F)(F)F)n2N)C2CC2)cc1. The molecular formula is C16H18F3N5OS. The molecule has 0 radical (unpaired) electrons. The molecule has 3 rings (SSSR count). The summed E-state index contributed by atoms with van der Waals surface area (Å²) < 4.78 is 38.3. The van der Waals surface area contributed by atoms with Crippen LogP contribution in [0.4, 0.5) is 13.2 Å². The molecule has 0 bridgehead atoms. The van der Waals surface area contributed by atoms with Crippen LogP contribution in [0.2, 0.25) is 0 Å². The molecule has 2 aromatic rings. The molecule has 1 saturated carbocycles. The molecule has 1 aromatic carbocycles. The Balaban J connectivity index is 1.61. The van der Waals surface area contributed by atoms with Crippen molar-refractivity contribution in [3.05, 3.63) is 41.2 Å². The molecule has 0 spiro atoms. The fourth-order valence-corrected chi connectivity index (χ4v) is 3.26. The summed E-state index contributed by atoms with van der Waals surface area (Å²) in [5, 5.41) is 9.23. The van der Waals surface area contributed by atoms with E-state index in [1.807, 2.05) is 31.2 Å². The number of carbonyl (C=O) groups is 1. The van der Waals surface area contributed by atoms with Gasteiger partial charge in [0.15, 0.2) is 0 Å². The lowest BCUT2D eigenvalue weighted by Crippen LogP contribution is -2.31. The highest BCUT2D eigenvalue weighted by Crippen LogP contribution is 2.41. The number of thioether (sulfide) groups is 1. The van der Waals surface area contributed by atoms with Gasteiger partial charge in [-0.3, -0.25) is 4.79 Å². The molecule has 1 heterocycles. The highest BCUT2D eigenvalue weighted by Gasteiger charge is 2.38. The topological polar surface area (TPSA) is 85.8 Å². The van der Waals surface area contributed by atoms with E-state index in [1.165, 1.54) is 0 Å². The Hall–Kier alpha value is -2.23. The Morgan fingerprint density at radius 3 is 2.54 bits per heavy atom. The van der Waals surface area contributed by atoms with Crippen molar-refractivity contribution in [3.63, 3.8) is 0 Å². The van der Waals surface area contributed by atoms with Crippen LogP contribution in [0.25, 0.3) is 0 Å². The van der Waals surface area contributed by atoms with Crippen LogP contribution in [0.5, 0.6) is 0 Å². The normalized spacial score (nSPS) is 15.7. The zero-order valence-electron chi connectivity index (χ0n) is 14.0. The monoisotopic (exact) mass is 385 g/mol. The van der Waals surface area contributed by atoms with Crippen molar-refractivity contribution in [1.82, 2.24) is 20.2 Å². The molecule has 1 aliphatic rings. The van der Waals surface area contributed by atoms with Crippen LogP contribution in [-0.4, -0.2) is 26.5 Å². The Bertz CT molecular complexity index is 786. The number of nitrogen functional groups attached to an aromatic ring is 1. The second-order valence-corrected chi connectivity index (χ2v) is 7.20. The molecule has 140 valence electrons. The minimum atomic E-state index is -4.69. The van der Waals surface area contributed by atoms with Gasteiger partial charge in [-0.2, -0.15) is 13.2 Å². The quantitative estimate of drug-likeness (QED) is 0.590. The van der Waals surface area contributed by atoms with Crippen LogP contribution < -0.4 is 11.2 Å². The zero-order chi connectivity index (χ0) is 18.9. The number of amides is 1. The molecule has 1 fully saturated rings. The summed E-state index contributed by atoms with van der Waals surface area (Å²) >= 11 is 0.816. The molecule has 1 aliphatic carbocycles.